The Kier molecular flexibility index (Phi) is 7.80. The monoisotopic (exact) mass is 681 g/mol. The number of carbonyl (C=O) groups excluding carboxylic acids is 2. The first kappa shape index (κ1) is 24.3. The van der Waals surface area contributed by atoms with Crippen LogP contribution in [0.1, 0.15) is 27.8 Å². The first-order chi connectivity index (χ1) is 15.8. The van der Waals surface area contributed by atoms with Gasteiger partial charge in [-0.2, -0.15) is 0 Å². The molecule has 2 amide bonds. The number of hydrogen-bond acceptors (Lipinski definition) is 4. The van der Waals surface area contributed by atoms with Crippen LogP contribution in [0.2, 0.25) is 0 Å². The van der Waals surface area contributed by atoms with E-state index in [4.69, 9.17) is 4.74 Å². The van der Waals surface area contributed by atoms with Crippen LogP contribution in [0, 0.1) is 21.0 Å². The van der Waals surface area contributed by atoms with Gasteiger partial charge < -0.3 is 4.74 Å². The van der Waals surface area contributed by atoms with Crippen molar-refractivity contribution in [2.24, 2.45) is 0 Å². The third-order valence-corrected chi connectivity index (χ3v) is 7.59. The van der Waals surface area contributed by atoms with Crippen molar-refractivity contribution >= 4 is 74.2 Å². The van der Waals surface area contributed by atoms with E-state index in [-0.39, 0.29) is 17.7 Å². The summed E-state index contributed by atoms with van der Waals surface area (Å²) in [6.07, 6.45) is 1.79. The summed E-state index contributed by atoms with van der Waals surface area (Å²) in [5.74, 6) is 0.568. The molecular weight excluding hydrogens is 660 g/mol. The Labute approximate surface area is 225 Å². The van der Waals surface area contributed by atoms with Crippen molar-refractivity contribution in [3.05, 3.63) is 101 Å². The molecule has 1 saturated heterocycles. The number of nitrogens with zero attached hydrogens (tertiary/aromatic N) is 1. The van der Waals surface area contributed by atoms with Gasteiger partial charge in [0.15, 0.2) is 0 Å². The van der Waals surface area contributed by atoms with Crippen molar-refractivity contribution in [3.8, 4) is 5.75 Å². The molecule has 0 aliphatic carbocycles. The van der Waals surface area contributed by atoms with E-state index in [1.807, 2.05) is 55.5 Å². The Morgan fingerprint density at radius 2 is 1.52 bits per heavy atom. The van der Waals surface area contributed by atoms with Crippen molar-refractivity contribution in [3.63, 3.8) is 0 Å². The van der Waals surface area contributed by atoms with E-state index < -0.39 is 0 Å². The highest BCUT2D eigenvalue weighted by Gasteiger charge is 2.35. The molecular formula is C26H21I2NO3S. The van der Waals surface area contributed by atoms with E-state index in [2.05, 4.69) is 64.2 Å². The third-order valence-electron chi connectivity index (χ3n) is 5.08. The van der Waals surface area contributed by atoms with Gasteiger partial charge in [-0.25, -0.2) is 0 Å². The molecule has 1 aliphatic heterocycles. The first-order valence-electron chi connectivity index (χ1n) is 10.3. The maximum absolute atomic E-state index is 12.9. The summed E-state index contributed by atoms with van der Waals surface area (Å²) in [6.45, 7) is 4.83. The summed E-state index contributed by atoms with van der Waals surface area (Å²) in [5.41, 5.74) is 5.23. The van der Waals surface area contributed by atoms with Crippen LogP contribution in [0.25, 0.3) is 6.08 Å². The lowest BCUT2D eigenvalue weighted by Crippen LogP contribution is -2.27. The number of carbonyl (C=O) groups is 2. The molecule has 0 bridgehead atoms. The molecule has 1 aliphatic rings. The highest BCUT2D eigenvalue weighted by molar-refractivity contribution is 14.1. The SMILES string of the molecule is Cc1cccc(COc2c(I)cc(/C=C3\SC(=O)N(Cc4cccc(C)c4)C3=O)cc2I)c1. The Bertz CT molecular complexity index is 1250. The zero-order valence-electron chi connectivity index (χ0n) is 18.1. The smallest absolute Gasteiger partial charge is 0.293 e. The predicted molar refractivity (Wildman–Crippen MR) is 150 cm³/mol. The molecule has 1 fully saturated rings. The fourth-order valence-corrected chi connectivity index (χ4v) is 6.50. The number of hydrogen-bond donors (Lipinski definition) is 0. The summed E-state index contributed by atoms with van der Waals surface area (Å²) < 4.78 is 8.01. The van der Waals surface area contributed by atoms with Crippen molar-refractivity contribution in [1.82, 2.24) is 4.90 Å². The second-order valence-electron chi connectivity index (χ2n) is 7.85. The summed E-state index contributed by atoms with van der Waals surface area (Å²) in [4.78, 5) is 27.2. The molecule has 3 aromatic rings. The molecule has 3 aromatic carbocycles. The highest BCUT2D eigenvalue weighted by atomic mass is 127. The van der Waals surface area contributed by atoms with Gasteiger partial charge in [-0.15, -0.1) is 0 Å². The molecule has 0 unspecified atom stereocenters. The largest absolute Gasteiger partial charge is 0.487 e. The van der Waals surface area contributed by atoms with Crippen LogP contribution in [0.4, 0.5) is 4.79 Å². The quantitative estimate of drug-likeness (QED) is 0.202. The normalized spacial score (nSPS) is 14.9. The molecule has 1 heterocycles. The average Bonchev–Trinajstić information content (AvgIpc) is 3.00. The van der Waals surface area contributed by atoms with E-state index in [0.717, 1.165) is 46.9 Å². The number of imide groups is 1. The molecule has 0 aromatic heterocycles. The Balaban J connectivity index is 1.50. The first-order valence-corrected chi connectivity index (χ1v) is 13.3. The number of halogens is 2. The van der Waals surface area contributed by atoms with Crippen molar-refractivity contribution < 1.29 is 14.3 Å². The lowest BCUT2D eigenvalue weighted by atomic mass is 10.1. The average molecular weight is 681 g/mol. The van der Waals surface area contributed by atoms with Crippen LogP contribution >= 0.6 is 56.9 Å². The lowest BCUT2D eigenvalue weighted by Gasteiger charge is -2.13. The standard InChI is InChI=1S/C26H21I2NO3S/c1-16-5-3-7-18(9-16)14-29-25(30)23(33-26(29)31)13-20-11-21(27)24(22(28)12-20)32-15-19-8-4-6-17(2)10-19/h3-13H,14-15H2,1-2H3/b23-13-. The van der Waals surface area contributed by atoms with Crippen LogP contribution in [-0.4, -0.2) is 16.0 Å². The van der Waals surface area contributed by atoms with E-state index in [1.165, 1.54) is 10.5 Å². The van der Waals surface area contributed by atoms with E-state index in [9.17, 15) is 9.59 Å². The van der Waals surface area contributed by atoms with Crippen LogP contribution in [0.3, 0.4) is 0 Å². The van der Waals surface area contributed by atoms with Gasteiger partial charge >= 0.3 is 0 Å². The Hall–Kier alpha value is -1.85. The number of benzene rings is 3. The van der Waals surface area contributed by atoms with Crippen LogP contribution in [0.15, 0.2) is 65.6 Å². The van der Waals surface area contributed by atoms with Crippen LogP contribution < -0.4 is 4.74 Å². The molecule has 0 N–H and O–H groups in total. The second-order valence-corrected chi connectivity index (χ2v) is 11.2. The molecule has 0 radical (unpaired) electrons. The highest BCUT2D eigenvalue weighted by Crippen LogP contribution is 2.35. The molecule has 0 spiro atoms. The van der Waals surface area contributed by atoms with E-state index in [0.29, 0.717) is 11.5 Å². The molecule has 7 heteroatoms. The summed E-state index contributed by atoms with van der Waals surface area (Å²) in [5, 5.41) is -0.241. The van der Waals surface area contributed by atoms with Gasteiger partial charge in [-0.3, -0.25) is 14.5 Å². The van der Waals surface area contributed by atoms with Crippen molar-refractivity contribution in [2.75, 3.05) is 0 Å². The van der Waals surface area contributed by atoms with E-state index in [1.54, 1.807) is 6.08 Å². The minimum absolute atomic E-state index is 0.241. The van der Waals surface area contributed by atoms with Crippen LogP contribution in [0.5, 0.6) is 5.75 Å². The number of aryl methyl sites for hydroxylation is 2. The zero-order chi connectivity index (χ0) is 23.5. The minimum atomic E-state index is -0.253. The molecule has 0 atom stereocenters. The topological polar surface area (TPSA) is 46.6 Å². The Morgan fingerprint density at radius 1 is 0.909 bits per heavy atom. The Morgan fingerprint density at radius 3 is 2.15 bits per heavy atom. The van der Waals surface area contributed by atoms with Gasteiger partial charge in [0.25, 0.3) is 11.1 Å². The summed E-state index contributed by atoms with van der Waals surface area (Å²) in [6, 6.07) is 20.1. The van der Waals surface area contributed by atoms with Gasteiger partial charge in [-0.1, -0.05) is 59.7 Å². The van der Waals surface area contributed by atoms with Crippen molar-refractivity contribution in [1.29, 1.82) is 0 Å². The number of thioether (sulfide) groups is 1. The van der Waals surface area contributed by atoms with Gasteiger partial charge in [-0.05, 0) is 106 Å². The predicted octanol–water partition coefficient (Wildman–Crippen LogP) is 7.33. The fraction of sp³-hybridized carbons (Fsp3) is 0.154. The molecule has 4 nitrogen and oxygen atoms in total. The summed E-state index contributed by atoms with van der Waals surface area (Å²) in [7, 11) is 0. The molecule has 0 saturated carbocycles. The molecule has 4 rings (SSSR count). The van der Waals surface area contributed by atoms with Gasteiger partial charge in [0, 0.05) is 0 Å². The second kappa shape index (κ2) is 10.6. The minimum Gasteiger partial charge on any atom is -0.487 e. The third kappa shape index (κ3) is 5.99. The number of ether oxygens (including phenoxy) is 1. The van der Waals surface area contributed by atoms with Crippen molar-refractivity contribution in [2.45, 2.75) is 27.0 Å². The van der Waals surface area contributed by atoms with Crippen LogP contribution in [-0.2, 0) is 17.9 Å². The molecule has 33 heavy (non-hydrogen) atoms. The molecule has 168 valence electrons. The maximum Gasteiger partial charge on any atom is 0.293 e. The maximum atomic E-state index is 12.9. The van der Waals surface area contributed by atoms with Gasteiger partial charge in [0.05, 0.1) is 18.6 Å². The fourth-order valence-electron chi connectivity index (χ4n) is 3.54. The number of amides is 2. The van der Waals surface area contributed by atoms with E-state index >= 15 is 0 Å². The number of rotatable bonds is 6. The zero-order valence-corrected chi connectivity index (χ0v) is 23.2. The lowest BCUT2D eigenvalue weighted by molar-refractivity contribution is -0.123. The van der Waals surface area contributed by atoms with Gasteiger partial charge in [0.1, 0.15) is 12.4 Å². The van der Waals surface area contributed by atoms with Gasteiger partial charge in [0.2, 0.25) is 0 Å². The summed E-state index contributed by atoms with van der Waals surface area (Å²) >= 11 is 5.49.